The van der Waals surface area contributed by atoms with Gasteiger partial charge < -0.3 is 5.11 Å². The maximum absolute atomic E-state index is 12.6. The molecule has 1 saturated heterocycles. The summed E-state index contributed by atoms with van der Waals surface area (Å²) in [5.41, 5.74) is -0.0812. The van der Waals surface area contributed by atoms with E-state index in [1.807, 2.05) is 0 Å². The molecule has 0 spiro atoms. The van der Waals surface area contributed by atoms with E-state index in [-0.39, 0.29) is 15.5 Å². The van der Waals surface area contributed by atoms with E-state index in [0.717, 1.165) is 25.3 Å². The average molecular weight is 332 g/mol. The molecule has 2 rings (SSSR count). The van der Waals surface area contributed by atoms with Crippen LogP contribution in [0.2, 0.25) is 5.02 Å². The van der Waals surface area contributed by atoms with Crippen molar-refractivity contribution in [1.82, 2.24) is 4.31 Å². The van der Waals surface area contributed by atoms with Crippen LogP contribution in [0.25, 0.3) is 0 Å². The largest absolute Gasteiger partial charge is 0.478 e. The first-order valence-electron chi connectivity index (χ1n) is 6.89. The molecule has 1 aromatic carbocycles. The van der Waals surface area contributed by atoms with Crippen LogP contribution in [0.4, 0.5) is 0 Å². The third-order valence-electron chi connectivity index (χ3n) is 3.74. The van der Waals surface area contributed by atoms with Gasteiger partial charge in [0.15, 0.2) is 0 Å². The summed E-state index contributed by atoms with van der Waals surface area (Å²) in [6, 6.07) is 3.75. The molecule has 1 aromatic rings. The van der Waals surface area contributed by atoms with Gasteiger partial charge in [-0.25, -0.2) is 13.2 Å². The van der Waals surface area contributed by atoms with E-state index in [1.54, 1.807) is 0 Å². The lowest BCUT2D eigenvalue weighted by molar-refractivity contribution is 0.0696. The summed E-state index contributed by atoms with van der Waals surface area (Å²) in [7, 11) is -3.74. The van der Waals surface area contributed by atoms with Gasteiger partial charge in [-0.05, 0) is 37.0 Å². The lowest BCUT2D eigenvalue weighted by atomic mass is 10.0. The molecule has 1 fully saturated rings. The molecule has 1 atom stereocenters. The third kappa shape index (κ3) is 3.39. The van der Waals surface area contributed by atoms with Crippen molar-refractivity contribution in [2.75, 3.05) is 13.1 Å². The summed E-state index contributed by atoms with van der Waals surface area (Å²) < 4.78 is 26.7. The molecular formula is C14H18ClNO4S. The lowest BCUT2D eigenvalue weighted by Gasteiger charge is -2.17. The molecule has 1 heterocycles. The van der Waals surface area contributed by atoms with Crippen molar-refractivity contribution in [3.05, 3.63) is 28.8 Å². The van der Waals surface area contributed by atoms with Crippen molar-refractivity contribution in [3.8, 4) is 0 Å². The molecule has 0 bridgehead atoms. The van der Waals surface area contributed by atoms with Gasteiger partial charge in [-0.2, -0.15) is 4.31 Å². The van der Waals surface area contributed by atoms with Gasteiger partial charge in [0.25, 0.3) is 0 Å². The maximum Gasteiger partial charge on any atom is 0.335 e. The number of halogens is 1. The van der Waals surface area contributed by atoms with Crippen molar-refractivity contribution in [2.24, 2.45) is 5.92 Å². The van der Waals surface area contributed by atoms with Crippen LogP contribution in [0, 0.1) is 5.92 Å². The molecule has 1 aliphatic rings. The Hall–Kier alpha value is -1.11. The first-order valence-corrected chi connectivity index (χ1v) is 8.71. The van der Waals surface area contributed by atoms with Crippen LogP contribution in [-0.4, -0.2) is 36.9 Å². The quantitative estimate of drug-likeness (QED) is 0.900. The van der Waals surface area contributed by atoms with Crippen LogP contribution >= 0.6 is 11.6 Å². The Morgan fingerprint density at radius 2 is 2.19 bits per heavy atom. The Morgan fingerprint density at radius 3 is 2.81 bits per heavy atom. The van der Waals surface area contributed by atoms with Crippen molar-refractivity contribution in [3.63, 3.8) is 0 Å². The molecule has 21 heavy (non-hydrogen) atoms. The first kappa shape index (κ1) is 16.3. The zero-order valence-electron chi connectivity index (χ0n) is 11.8. The fourth-order valence-corrected chi connectivity index (χ4v) is 4.66. The van der Waals surface area contributed by atoms with Gasteiger partial charge in [0.2, 0.25) is 10.0 Å². The zero-order chi connectivity index (χ0) is 15.6. The Bertz CT molecular complexity index is 644. The normalized spacial score (nSPS) is 19.8. The van der Waals surface area contributed by atoms with Gasteiger partial charge in [-0.3, -0.25) is 0 Å². The molecule has 0 aromatic heterocycles. The van der Waals surface area contributed by atoms with E-state index in [4.69, 9.17) is 16.7 Å². The van der Waals surface area contributed by atoms with E-state index in [1.165, 1.54) is 16.4 Å². The van der Waals surface area contributed by atoms with Crippen molar-refractivity contribution < 1.29 is 18.3 Å². The summed E-state index contributed by atoms with van der Waals surface area (Å²) in [4.78, 5) is 10.9. The number of carboxylic acid groups (broad SMARTS) is 1. The molecule has 7 heteroatoms. The molecule has 116 valence electrons. The zero-order valence-corrected chi connectivity index (χ0v) is 13.3. The lowest BCUT2D eigenvalue weighted by Crippen LogP contribution is -2.29. The summed E-state index contributed by atoms with van der Waals surface area (Å²) >= 11 is 5.96. The molecule has 0 saturated carbocycles. The number of hydrogen-bond donors (Lipinski definition) is 1. The highest BCUT2D eigenvalue weighted by molar-refractivity contribution is 7.89. The van der Waals surface area contributed by atoms with E-state index in [9.17, 15) is 13.2 Å². The summed E-state index contributed by atoms with van der Waals surface area (Å²) in [5.74, 6) is -0.806. The van der Waals surface area contributed by atoms with Crippen LogP contribution in [0.5, 0.6) is 0 Å². The highest BCUT2D eigenvalue weighted by Crippen LogP contribution is 2.30. The Morgan fingerprint density at radius 1 is 1.48 bits per heavy atom. The van der Waals surface area contributed by atoms with Crippen molar-refractivity contribution in [2.45, 2.75) is 31.1 Å². The van der Waals surface area contributed by atoms with Crippen LogP contribution in [0.3, 0.4) is 0 Å². The summed E-state index contributed by atoms with van der Waals surface area (Å²) in [6.07, 6.45) is 2.85. The van der Waals surface area contributed by atoms with Crippen LogP contribution in [0.15, 0.2) is 23.1 Å². The van der Waals surface area contributed by atoms with Gasteiger partial charge in [-0.15, -0.1) is 0 Å². The van der Waals surface area contributed by atoms with Gasteiger partial charge >= 0.3 is 5.97 Å². The molecular weight excluding hydrogens is 314 g/mol. The van der Waals surface area contributed by atoms with E-state index in [0.29, 0.717) is 19.0 Å². The SMILES string of the molecule is CCCC1CCN(S(=O)(=O)c2cc(C(=O)O)ccc2Cl)C1. The van der Waals surface area contributed by atoms with Gasteiger partial charge in [0.1, 0.15) is 4.90 Å². The number of carbonyl (C=O) groups is 1. The highest BCUT2D eigenvalue weighted by Gasteiger charge is 2.33. The summed E-state index contributed by atoms with van der Waals surface area (Å²) in [6.45, 7) is 3.01. The molecule has 5 nitrogen and oxygen atoms in total. The van der Waals surface area contributed by atoms with Gasteiger partial charge in [0.05, 0.1) is 10.6 Å². The minimum Gasteiger partial charge on any atom is -0.478 e. The van der Waals surface area contributed by atoms with Gasteiger partial charge in [-0.1, -0.05) is 24.9 Å². The topological polar surface area (TPSA) is 74.7 Å². The fourth-order valence-electron chi connectivity index (χ4n) is 2.63. The Labute approximate surface area is 129 Å². The minimum atomic E-state index is -3.74. The number of nitrogens with zero attached hydrogens (tertiary/aromatic N) is 1. The van der Waals surface area contributed by atoms with E-state index < -0.39 is 16.0 Å². The smallest absolute Gasteiger partial charge is 0.335 e. The number of carboxylic acids is 1. The molecule has 1 aliphatic heterocycles. The van der Waals surface area contributed by atoms with Crippen LogP contribution in [0.1, 0.15) is 36.5 Å². The average Bonchev–Trinajstić information content (AvgIpc) is 2.88. The van der Waals surface area contributed by atoms with E-state index >= 15 is 0 Å². The van der Waals surface area contributed by atoms with Gasteiger partial charge in [0, 0.05) is 13.1 Å². The predicted molar refractivity (Wildman–Crippen MR) is 80.2 cm³/mol. The Kier molecular flexibility index (Phi) is 4.91. The number of sulfonamides is 1. The highest BCUT2D eigenvalue weighted by atomic mass is 35.5. The predicted octanol–water partition coefficient (Wildman–Crippen LogP) is 2.85. The number of hydrogen-bond acceptors (Lipinski definition) is 3. The first-order chi connectivity index (χ1) is 9.86. The van der Waals surface area contributed by atoms with Crippen LogP contribution < -0.4 is 0 Å². The third-order valence-corrected chi connectivity index (χ3v) is 6.09. The number of rotatable bonds is 5. The standard InChI is InChI=1S/C14H18ClNO4S/c1-2-3-10-6-7-16(9-10)21(19,20)13-8-11(14(17)18)4-5-12(13)15/h4-5,8,10H,2-3,6-7,9H2,1H3,(H,17,18). The molecule has 0 amide bonds. The van der Waals surface area contributed by atoms with Crippen LogP contribution in [-0.2, 0) is 10.0 Å². The molecule has 1 N–H and O–H groups in total. The molecule has 0 radical (unpaired) electrons. The monoisotopic (exact) mass is 331 g/mol. The van der Waals surface area contributed by atoms with E-state index in [2.05, 4.69) is 6.92 Å². The van der Waals surface area contributed by atoms with Crippen molar-refractivity contribution in [1.29, 1.82) is 0 Å². The number of aromatic carboxylic acids is 1. The Balaban J connectivity index is 2.32. The fraction of sp³-hybridized carbons (Fsp3) is 0.500. The molecule has 0 aliphatic carbocycles. The van der Waals surface area contributed by atoms with Crippen molar-refractivity contribution >= 4 is 27.6 Å². The minimum absolute atomic E-state index is 0.0546. The second-order valence-corrected chi connectivity index (χ2v) is 7.57. The molecule has 1 unspecified atom stereocenters. The second-order valence-electron chi connectivity index (χ2n) is 5.26. The second kappa shape index (κ2) is 6.34. The number of benzene rings is 1. The summed E-state index contributed by atoms with van der Waals surface area (Å²) in [5, 5.41) is 9.05. The maximum atomic E-state index is 12.6.